The molecule has 0 atom stereocenters. The zero-order valence-corrected chi connectivity index (χ0v) is 13.6. The van der Waals surface area contributed by atoms with Crippen LogP contribution in [-0.4, -0.2) is 26.0 Å². The van der Waals surface area contributed by atoms with Crippen LogP contribution in [0.4, 0.5) is 5.69 Å². The maximum absolute atomic E-state index is 12.2. The van der Waals surface area contributed by atoms with Gasteiger partial charge in [0.05, 0.1) is 0 Å². The second kappa shape index (κ2) is 7.64. The van der Waals surface area contributed by atoms with Gasteiger partial charge in [-0.3, -0.25) is 4.79 Å². The number of rotatable bonds is 6. The molecule has 3 nitrogen and oxygen atoms in total. The van der Waals surface area contributed by atoms with Crippen molar-refractivity contribution >= 4 is 11.6 Å². The summed E-state index contributed by atoms with van der Waals surface area (Å²) in [7, 11) is 2.07. The van der Waals surface area contributed by atoms with Crippen LogP contribution >= 0.6 is 0 Å². The van der Waals surface area contributed by atoms with E-state index in [4.69, 9.17) is 0 Å². The van der Waals surface area contributed by atoms with Crippen LogP contribution in [0.15, 0.2) is 48.5 Å². The highest BCUT2D eigenvalue weighted by atomic mass is 16.1. The summed E-state index contributed by atoms with van der Waals surface area (Å²) in [5, 5.41) is 3.01. The van der Waals surface area contributed by atoms with Gasteiger partial charge in [0.15, 0.2) is 0 Å². The van der Waals surface area contributed by atoms with E-state index in [2.05, 4.69) is 29.4 Å². The number of hydrogen-bond donors (Lipinski definition) is 1. The van der Waals surface area contributed by atoms with Gasteiger partial charge in [0.1, 0.15) is 0 Å². The Hall–Kier alpha value is -2.29. The number of nitrogens with zero attached hydrogens (tertiary/aromatic N) is 1. The molecule has 0 aromatic heterocycles. The van der Waals surface area contributed by atoms with Gasteiger partial charge in [0.2, 0.25) is 0 Å². The number of para-hydroxylation sites is 1. The van der Waals surface area contributed by atoms with E-state index < -0.39 is 0 Å². The minimum atomic E-state index is 0.0172. The van der Waals surface area contributed by atoms with E-state index in [-0.39, 0.29) is 5.91 Å². The number of amides is 1. The van der Waals surface area contributed by atoms with E-state index in [9.17, 15) is 4.79 Å². The first kappa shape index (κ1) is 16.1. The summed E-state index contributed by atoms with van der Waals surface area (Å²) in [5.74, 6) is 0.0172. The van der Waals surface area contributed by atoms with Crippen molar-refractivity contribution in [2.24, 2.45) is 0 Å². The van der Waals surface area contributed by atoms with Crippen LogP contribution in [-0.2, 0) is 0 Å². The summed E-state index contributed by atoms with van der Waals surface area (Å²) in [6.07, 6.45) is 0.919. The van der Waals surface area contributed by atoms with Gasteiger partial charge >= 0.3 is 0 Å². The van der Waals surface area contributed by atoms with Gasteiger partial charge in [-0.05, 0) is 44.0 Å². The normalized spacial score (nSPS) is 10.3. The Morgan fingerprint density at radius 2 is 1.82 bits per heavy atom. The molecule has 0 radical (unpaired) electrons. The number of benzene rings is 2. The minimum absolute atomic E-state index is 0.0172. The van der Waals surface area contributed by atoms with E-state index in [1.54, 1.807) is 0 Å². The third-order valence-electron chi connectivity index (χ3n) is 3.79. The van der Waals surface area contributed by atoms with Gasteiger partial charge in [-0.1, -0.05) is 35.9 Å². The van der Waals surface area contributed by atoms with Gasteiger partial charge in [-0.15, -0.1) is 0 Å². The monoisotopic (exact) mass is 296 g/mol. The topological polar surface area (TPSA) is 32.3 Å². The van der Waals surface area contributed by atoms with E-state index in [0.29, 0.717) is 6.54 Å². The fraction of sp³-hybridized carbons (Fsp3) is 0.316. The lowest BCUT2D eigenvalue weighted by molar-refractivity contribution is 0.0952. The first-order valence-electron chi connectivity index (χ1n) is 7.69. The zero-order chi connectivity index (χ0) is 15.9. The molecule has 0 unspecified atom stereocenters. The molecule has 0 spiro atoms. The number of hydrogen-bond acceptors (Lipinski definition) is 2. The van der Waals surface area contributed by atoms with Crippen molar-refractivity contribution in [2.45, 2.75) is 20.3 Å². The molecule has 0 aliphatic heterocycles. The molecule has 3 heteroatoms. The van der Waals surface area contributed by atoms with E-state index in [0.717, 1.165) is 29.7 Å². The molecule has 22 heavy (non-hydrogen) atoms. The molecule has 0 saturated heterocycles. The molecule has 2 aromatic carbocycles. The Morgan fingerprint density at radius 1 is 1.09 bits per heavy atom. The lowest BCUT2D eigenvalue weighted by Gasteiger charge is -2.19. The van der Waals surface area contributed by atoms with Crippen molar-refractivity contribution < 1.29 is 4.79 Å². The maximum Gasteiger partial charge on any atom is 0.251 e. The summed E-state index contributed by atoms with van der Waals surface area (Å²) in [5.41, 5.74) is 4.10. The lowest BCUT2D eigenvalue weighted by Crippen LogP contribution is -2.28. The van der Waals surface area contributed by atoms with Crippen molar-refractivity contribution in [1.82, 2.24) is 5.32 Å². The number of carbonyl (C=O) groups is 1. The average molecular weight is 296 g/mol. The van der Waals surface area contributed by atoms with Gasteiger partial charge in [0, 0.05) is 31.4 Å². The van der Waals surface area contributed by atoms with Crippen LogP contribution in [0.3, 0.4) is 0 Å². The highest BCUT2D eigenvalue weighted by Crippen LogP contribution is 2.12. The van der Waals surface area contributed by atoms with Gasteiger partial charge < -0.3 is 10.2 Å². The van der Waals surface area contributed by atoms with Crippen LogP contribution in [0.1, 0.15) is 27.9 Å². The maximum atomic E-state index is 12.2. The molecule has 0 bridgehead atoms. The molecule has 0 aliphatic carbocycles. The molecule has 116 valence electrons. The molecule has 0 aliphatic rings. The van der Waals surface area contributed by atoms with Crippen LogP contribution in [0, 0.1) is 13.8 Å². The third kappa shape index (κ3) is 4.35. The fourth-order valence-electron chi connectivity index (χ4n) is 2.41. The van der Waals surface area contributed by atoms with Gasteiger partial charge in [-0.2, -0.15) is 0 Å². The number of anilines is 1. The zero-order valence-electron chi connectivity index (χ0n) is 13.6. The van der Waals surface area contributed by atoms with Crippen LogP contribution < -0.4 is 10.2 Å². The highest BCUT2D eigenvalue weighted by molar-refractivity contribution is 5.95. The van der Waals surface area contributed by atoms with Crippen molar-refractivity contribution in [3.63, 3.8) is 0 Å². The molecular weight excluding hydrogens is 272 g/mol. The minimum Gasteiger partial charge on any atom is -0.375 e. The summed E-state index contributed by atoms with van der Waals surface area (Å²) in [4.78, 5) is 14.4. The molecule has 0 saturated carbocycles. The molecule has 1 N–H and O–H groups in total. The molecule has 0 heterocycles. The molecule has 2 rings (SSSR count). The summed E-state index contributed by atoms with van der Waals surface area (Å²) in [6.45, 7) is 5.57. The Morgan fingerprint density at radius 3 is 2.55 bits per heavy atom. The smallest absolute Gasteiger partial charge is 0.251 e. The second-order valence-corrected chi connectivity index (χ2v) is 5.68. The molecular formula is C19H24N2O. The standard InChI is InChI=1S/C19H24N2O/c1-15-10-11-16(2)18(14-15)19(22)20-12-7-13-21(3)17-8-5-4-6-9-17/h4-6,8-11,14H,7,12-13H2,1-3H3,(H,20,22). The quantitative estimate of drug-likeness (QED) is 0.827. The van der Waals surface area contributed by atoms with Crippen molar-refractivity contribution in [2.75, 3.05) is 25.0 Å². The molecule has 0 fully saturated rings. The van der Waals surface area contributed by atoms with Crippen molar-refractivity contribution in [3.8, 4) is 0 Å². The van der Waals surface area contributed by atoms with Gasteiger partial charge in [0.25, 0.3) is 5.91 Å². The molecule has 1 amide bonds. The summed E-state index contributed by atoms with van der Waals surface area (Å²) >= 11 is 0. The highest BCUT2D eigenvalue weighted by Gasteiger charge is 2.08. The third-order valence-corrected chi connectivity index (χ3v) is 3.79. The van der Waals surface area contributed by atoms with Crippen molar-refractivity contribution in [3.05, 3.63) is 65.2 Å². The SMILES string of the molecule is Cc1ccc(C)c(C(=O)NCCCN(C)c2ccccc2)c1. The van der Waals surface area contributed by atoms with Crippen molar-refractivity contribution in [1.29, 1.82) is 0 Å². The van der Waals surface area contributed by atoms with Gasteiger partial charge in [-0.25, -0.2) is 0 Å². The largest absolute Gasteiger partial charge is 0.375 e. The van der Waals surface area contributed by atoms with Crippen LogP contribution in [0.25, 0.3) is 0 Å². The fourth-order valence-corrected chi connectivity index (χ4v) is 2.41. The predicted octanol–water partition coefficient (Wildman–Crippen LogP) is 3.56. The summed E-state index contributed by atoms with van der Waals surface area (Å²) < 4.78 is 0. The van der Waals surface area contributed by atoms with Crippen LogP contribution in [0.2, 0.25) is 0 Å². The number of nitrogens with one attached hydrogen (secondary N) is 1. The first-order chi connectivity index (χ1) is 10.6. The number of aryl methyl sites for hydroxylation is 2. The Kier molecular flexibility index (Phi) is 5.59. The Balaban J connectivity index is 1.79. The number of carbonyl (C=O) groups excluding carboxylic acids is 1. The Labute approximate surface area is 133 Å². The Bertz CT molecular complexity index is 623. The predicted molar refractivity (Wildman–Crippen MR) is 92.6 cm³/mol. The van der Waals surface area contributed by atoms with E-state index >= 15 is 0 Å². The first-order valence-corrected chi connectivity index (χ1v) is 7.69. The lowest BCUT2D eigenvalue weighted by atomic mass is 10.1. The van der Waals surface area contributed by atoms with E-state index in [1.807, 2.05) is 50.2 Å². The summed E-state index contributed by atoms with van der Waals surface area (Å²) in [6, 6.07) is 16.2. The second-order valence-electron chi connectivity index (χ2n) is 5.68. The average Bonchev–Trinajstić information content (AvgIpc) is 2.54. The van der Waals surface area contributed by atoms with E-state index in [1.165, 1.54) is 5.69 Å². The van der Waals surface area contributed by atoms with Crippen LogP contribution in [0.5, 0.6) is 0 Å². The molecule has 2 aromatic rings.